The molecule has 0 atom stereocenters. The zero-order chi connectivity index (χ0) is 20.7. The standard InChI is InChI=1S/C24H27O4P/c1-2-19-8-10-20(11-9-19)16-22-12-13-24(23(17-22)14-15-29(25,26)27)28-18-21-6-4-3-5-7-21/h3-13,17H,2,14-16,18H2,1H3,(H2,25,26,27). The van der Waals surface area contributed by atoms with E-state index in [9.17, 15) is 14.4 Å². The van der Waals surface area contributed by atoms with Crippen molar-refractivity contribution in [3.05, 3.63) is 101 Å². The minimum atomic E-state index is -4.07. The molecule has 0 saturated carbocycles. The molecule has 3 aromatic carbocycles. The highest BCUT2D eigenvalue weighted by atomic mass is 31.2. The fourth-order valence-corrected chi connectivity index (χ4v) is 3.74. The number of ether oxygens (including phenoxy) is 1. The second kappa shape index (κ2) is 9.89. The lowest BCUT2D eigenvalue weighted by Gasteiger charge is -2.14. The van der Waals surface area contributed by atoms with Crippen molar-refractivity contribution in [3.8, 4) is 5.75 Å². The second-order valence-electron chi connectivity index (χ2n) is 7.20. The van der Waals surface area contributed by atoms with Crippen molar-refractivity contribution < 1.29 is 19.1 Å². The molecule has 0 amide bonds. The lowest BCUT2D eigenvalue weighted by molar-refractivity contribution is 0.303. The Balaban J connectivity index is 1.78. The number of aryl methyl sites for hydroxylation is 2. The van der Waals surface area contributed by atoms with Gasteiger partial charge in [-0.15, -0.1) is 0 Å². The summed E-state index contributed by atoms with van der Waals surface area (Å²) in [7, 11) is -4.07. The first kappa shape index (κ1) is 21.3. The van der Waals surface area contributed by atoms with Gasteiger partial charge in [0.05, 0.1) is 6.16 Å². The molecule has 0 radical (unpaired) electrons. The van der Waals surface area contributed by atoms with Crippen molar-refractivity contribution in [2.75, 3.05) is 6.16 Å². The molecule has 152 valence electrons. The summed E-state index contributed by atoms with van der Waals surface area (Å²) in [6.45, 7) is 2.55. The average Bonchev–Trinajstić information content (AvgIpc) is 2.72. The van der Waals surface area contributed by atoms with Gasteiger partial charge in [-0.3, -0.25) is 4.57 Å². The Kier molecular flexibility index (Phi) is 7.27. The highest BCUT2D eigenvalue weighted by Crippen LogP contribution is 2.36. The fourth-order valence-electron chi connectivity index (χ4n) is 3.21. The lowest BCUT2D eigenvalue weighted by Crippen LogP contribution is -2.02. The van der Waals surface area contributed by atoms with Crippen LogP contribution in [0.1, 0.15) is 34.7 Å². The minimum Gasteiger partial charge on any atom is -0.489 e. The molecule has 0 aromatic heterocycles. The van der Waals surface area contributed by atoms with Gasteiger partial charge in [0, 0.05) is 0 Å². The first-order valence-corrected chi connectivity index (χ1v) is 11.6. The zero-order valence-corrected chi connectivity index (χ0v) is 17.5. The summed E-state index contributed by atoms with van der Waals surface area (Å²) in [6.07, 6.45) is 1.87. The van der Waals surface area contributed by atoms with Crippen LogP contribution in [0.2, 0.25) is 0 Å². The molecule has 3 aromatic rings. The van der Waals surface area contributed by atoms with E-state index in [0.29, 0.717) is 12.4 Å². The SMILES string of the molecule is CCc1ccc(Cc2ccc(OCc3ccccc3)c(CCP(=O)(O)O)c2)cc1. The van der Waals surface area contributed by atoms with Crippen molar-refractivity contribution in [1.29, 1.82) is 0 Å². The topological polar surface area (TPSA) is 66.8 Å². The zero-order valence-electron chi connectivity index (χ0n) is 16.6. The monoisotopic (exact) mass is 410 g/mol. The van der Waals surface area contributed by atoms with Crippen LogP contribution in [0.4, 0.5) is 0 Å². The van der Waals surface area contributed by atoms with E-state index in [4.69, 9.17) is 4.74 Å². The fraction of sp³-hybridized carbons (Fsp3) is 0.250. The van der Waals surface area contributed by atoms with Gasteiger partial charge >= 0.3 is 7.60 Å². The quantitative estimate of drug-likeness (QED) is 0.480. The normalized spacial score (nSPS) is 11.4. The van der Waals surface area contributed by atoms with Gasteiger partial charge in [0.25, 0.3) is 0 Å². The van der Waals surface area contributed by atoms with E-state index in [-0.39, 0.29) is 12.6 Å². The van der Waals surface area contributed by atoms with Crippen molar-refractivity contribution in [1.82, 2.24) is 0 Å². The predicted octanol–water partition coefficient (Wildman–Crippen LogP) is 5.14. The van der Waals surface area contributed by atoms with Crippen LogP contribution in [-0.4, -0.2) is 15.9 Å². The van der Waals surface area contributed by atoms with Crippen molar-refractivity contribution in [2.24, 2.45) is 0 Å². The van der Waals surface area contributed by atoms with Crippen LogP contribution in [0, 0.1) is 0 Å². The Morgan fingerprint density at radius 1 is 0.828 bits per heavy atom. The Hall–Kier alpha value is -2.39. The maximum atomic E-state index is 11.4. The van der Waals surface area contributed by atoms with Crippen LogP contribution in [-0.2, 0) is 30.4 Å². The van der Waals surface area contributed by atoms with E-state index in [1.165, 1.54) is 11.1 Å². The molecule has 0 aliphatic heterocycles. The lowest BCUT2D eigenvalue weighted by atomic mass is 10.00. The third-order valence-electron chi connectivity index (χ3n) is 4.87. The van der Waals surface area contributed by atoms with Crippen LogP contribution in [0.25, 0.3) is 0 Å². The second-order valence-corrected chi connectivity index (χ2v) is 8.98. The number of hydrogen-bond donors (Lipinski definition) is 2. The maximum Gasteiger partial charge on any atom is 0.325 e. The third-order valence-corrected chi connectivity index (χ3v) is 5.68. The van der Waals surface area contributed by atoms with E-state index in [1.807, 2.05) is 48.5 Å². The van der Waals surface area contributed by atoms with E-state index in [2.05, 4.69) is 31.2 Å². The largest absolute Gasteiger partial charge is 0.489 e. The number of rotatable bonds is 9. The maximum absolute atomic E-state index is 11.4. The van der Waals surface area contributed by atoms with Crippen LogP contribution in [0.5, 0.6) is 5.75 Å². The molecule has 0 bridgehead atoms. The molecule has 0 saturated heterocycles. The van der Waals surface area contributed by atoms with Gasteiger partial charge in [-0.2, -0.15) is 0 Å². The van der Waals surface area contributed by atoms with Gasteiger partial charge in [0.1, 0.15) is 12.4 Å². The highest BCUT2D eigenvalue weighted by Gasteiger charge is 2.15. The van der Waals surface area contributed by atoms with Gasteiger partial charge in [0.15, 0.2) is 0 Å². The van der Waals surface area contributed by atoms with Crippen LogP contribution in [0.15, 0.2) is 72.8 Å². The molecule has 0 heterocycles. The minimum absolute atomic E-state index is 0.191. The average molecular weight is 410 g/mol. The van der Waals surface area contributed by atoms with Gasteiger partial charge in [-0.05, 0) is 53.1 Å². The number of benzene rings is 3. The van der Waals surface area contributed by atoms with Crippen LogP contribution >= 0.6 is 7.60 Å². The summed E-state index contributed by atoms with van der Waals surface area (Å²) in [6, 6.07) is 24.3. The summed E-state index contributed by atoms with van der Waals surface area (Å²) < 4.78 is 17.4. The number of hydrogen-bond acceptors (Lipinski definition) is 2. The molecular formula is C24H27O4P. The molecule has 0 fully saturated rings. The predicted molar refractivity (Wildman–Crippen MR) is 116 cm³/mol. The Morgan fingerprint density at radius 3 is 2.14 bits per heavy atom. The molecule has 0 aliphatic carbocycles. The first-order chi connectivity index (χ1) is 13.9. The summed E-state index contributed by atoms with van der Waals surface area (Å²) in [5, 5.41) is 0. The molecule has 0 aliphatic rings. The highest BCUT2D eigenvalue weighted by molar-refractivity contribution is 7.51. The van der Waals surface area contributed by atoms with E-state index >= 15 is 0 Å². The molecular weight excluding hydrogens is 383 g/mol. The summed E-state index contributed by atoms with van der Waals surface area (Å²) in [4.78, 5) is 18.6. The Labute approximate surface area is 172 Å². The first-order valence-electron chi connectivity index (χ1n) is 9.84. The summed E-state index contributed by atoms with van der Waals surface area (Å²) in [5.41, 5.74) is 5.49. The van der Waals surface area contributed by atoms with E-state index in [0.717, 1.165) is 29.5 Å². The van der Waals surface area contributed by atoms with Crippen molar-refractivity contribution >= 4 is 7.60 Å². The molecule has 3 rings (SSSR count). The van der Waals surface area contributed by atoms with Gasteiger partial charge in [-0.1, -0.05) is 73.7 Å². The van der Waals surface area contributed by atoms with Gasteiger partial charge in [0.2, 0.25) is 0 Å². The van der Waals surface area contributed by atoms with Gasteiger partial charge in [-0.25, -0.2) is 0 Å². The molecule has 4 nitrogen and oxygen atoms in total. The van der Waals surface area contributed by atoms with Gasteiger partial charge < -0.3 is 14.5 Å². The summed E-state index contributed by atoms with van der Waals surface area (Å²) >= 11 is 0. The van der Waals surface area contributed by atoms with Crippen molar-refractivity contribution in [3.63, 3.8) is 0 Å². The Bertz CT molecular complexity index is 962. The molecule has 0 unspecified atom stereocenters. The molecule has 29 heavy (non-hydrogen) atoms. The molecule has 5 heteroatoms. The van der Waals surface area contributed by atoms with E-state index in [1.54, 1.807) is 0 Å². The van der Waals surface area contributed by atoms with Crippen molar-refractivity contribution in [2.45, 2.75) is 32.8 Å². The third kappa shape index (κ3) is 6.86. The molecule has 2 N–H and O–H groups in total. The summed E-state index contributed by atoms with van der Waals surface area (Å²) in [5.74, 6) is 0.674. The Morgan fingerprint density at radius 2 is 1.48 bits per heavy atom. The molecule has 0 spiro atoms. The van der Waals surface area contributed by atoms with Crippen LogP contribution in [0.3, 0.4) is 0 Å². The van der Waals surface area contributed by atoms with Crippen LogP contribution < -0.4 is 4.74 Å². The smallest absolute Gasteiger partial charge is 0.325 e. The van der Waals surface area contributed by atoms with E-state index < -0.39 is 7.60 Å².